The average molecular weight is 252 g/mol. The molecule has 2 rings (SSSR count). The first-order chi connectivity index (χ1) is 8.79. The van der Waals surface area contributed by atoms with Gasteiger partial charge in [0.2, 0.25) is 0 Å². The number of halogens is 1. The van der Waals surface area contributed by atoms with Crippen molar-refractivity contribution < 1.29 is 9.13 Å². The lowest BCUT2D eigenvalue weighted by Gasteiger charge is -2.22. The molecule has 18 heavy (non-hydrogen) atoms. The van der Waals surface area contributed by atoms with E-state index in [0.29, 0.717) is 31.2 Å². The third-order valence-corrected chi connectivity index (χ3v) is 3.36. The Morgan fingerprint density at radius 2 is 2.11 bits per heavy atom. The summed E-state index contributed by atoms with van der Waals surface area (Å²) >= 11 is 0. The number of rotatable bonds is 5. The highest BCUT2D eigenvalue weighted by molar-refractivity contribution is 5.29. The zero-order valence-electron chi connectivity index (χ0n) is 10.6. The number of nitrogens with one attached hydrogen (secondary N) is 1. The van der Waals surface area contributed by atoms with Crippen molar-refractivity contribution in [3.05, 3.63) is 29.6 Å². The number of hydrogen-bond donors (Lipinski definition) is 2. The lowest BCUT2D eigenvalue weighted by atomic mass is 9.99. The fourth-order valence-electron chi connectivity index (χ4n) is 2.24. The molecule has 1 aromatic carbocycles. The van der Waals surface area contributed by atoms with E-state index in [2.05, 4.69) is 5.32 Å². The van der Waals surface area contributed by atoms with Crippen molar-refractivity contribution >= 4 is 0 Å². The van der Waals surface area contributed by atoms with Crippen LogP contribution in [0, 0.1) is 11.7 Å². The molecule has 0 amide bonds. The highest BCUT2D eigenvalue weighted by Gasteiger charge is 2.14. The van der Waals surface area contributed by atoms with Gasteiger partial charge in [-0.3, -0.25) is 0 Å². The van der Waals surface area contributed by atoms with Crippen LogP contribution in [-0.2, 0) is 6.42 Å². The number of nitrogens with two attached hydrogens (primary N) is 1. The summed E-state index contributed by atoms with van der Waals surface area (Å²) in [5.74, 6) is 0.610. The van der Waals surface area contributed by atoms with Gasteiger partial charge in [-0.2, -0.15) is 0 Å². The van der Waals surface area contributed by atoms with E-state index in [1.165, 1.54) is 6.07 Å². The minimum Gasteiger partial charge on any atom is -0.490 e. The van der Waals surface area contributed by atoms with Gasteiger partial charge in [0.1, 0.15) is 0 Å². The van der Waals surface area contributed by atoms with E-state index < -0.39 is 0 Å². The number of piperidine rings is 1. The molecule has 1 aliphatic rings. The molecule has 1 fully saturated rings. The van der Waals surface area contributed by atoms with Crippen LogP contribution >= 0.6 is 0 Å². The third-order valence-electron chi connectivity index (χ3n) is 3.36. The highest BCUT2D eigenvalue weighted by Crippen LogP contribution is 2.21. The Morgan fingerprint density at radius 1 is 1.33 bits per heavy atom. The largest absolute Gasteiger partial charge is 0.490 e. The molecular formula is C14H21FN2O. The Morgan fingerprint density at radius 3 is 2.78 bits per heavy atom. The van der Waals surface area contributed by atoms with Crippen molar-refractivity contribution in [3.63, 3.8) is 0 Å². The molecule has 4 heteroatoms. The van der Waals surface area contributed by atoms with E-state index in [9.17, 15) is 4.39 Å². The molecular weight excluding hydrogens is 231 g/mol. The summed E-state index contributed by atoms with van der Waals surface area (Å²) < 4.78 is 19.3. The Bertz CT molecular complexity index is 378. The predicted octanol–water partition coefficient (Wildman–Crippen LogP) is 1.71. The normalized spacial score (nSPS) is 16.8. The molecule has 0 bridgehead atoms. The Balaban J connectivity index is 1.88. The van der Waals surface area contributed by atoms with Gasteiger partial charge < -0.3 is 15.8 Å². The third kappa shape index (κ3) is 3.68. The summed E-state index contributed by atoms with van der Waals surface area (Å²) in [7, 11) is 0. The van der Waals surface area contributed by atoms with Crippen molar-refractivity contribution in [2.45, 2.75) is 19.3 Å². The van der Waals surface area contributed by atoms with Crippen LogP contribution < -0.4 is 15.8 Å². The Kier molecular flexibility index (Phi) is 4.96. The Hall–Kier alpha value is -1.13. The van der Waals surface area contributed by atoms with E-state index in [1.54, 1.807) is 6.07 Å². The molecule has 0 radical (unpaired) electrons. The molecule has 3 N–H and O–H groups in total. The summed E-state index contributed by atoms with van der Waals surface area (Å²) in [6.07, 6.45) is 2.91. The number of hydrogen-bond acceptors (Lipinski definition) is 3. The summed E-state index contributed by atoms with van der Waals surface area (Å²) in [4.78, 5) is 0. The molecule has 100 valence electrons. The molecule has 3 nitrogen and oxygen atoms in total. The van der Waals surface area contributed by atoms with E-state index in [0.717, 1.165) is 31.5 Å². The smallest absolute Gasteiger partial charge is 0.165 e. The van der Waals surface area contributed by atoms with Crippen molar-refractivity contribution in [2.24, 2.45) is 11.7 Å². The van der Waals surface area contributed by atoms with Gasteiger partial charge in [0.15, 0.2) is 11.6 Å². The SMILES string of the molecule is NCCc1ccc(OCC2CCNCC2)c(F)c1. The van der Waals surface area contributed by atoms with Crippen LogP contribution in [0.4, 0.5) is 4.39 Å². The molecule has 1 aliphatic heterocycles. The lowest BCUT2D eigenvalue weighted by molar-refractivity contribution is 0.208. The Labute approximate surface area is 108 Å². The van der Waals surface area contributed by atoms with Crippen molar-refractivity contribution in [1.29, 1.82) is 0 Å². The average Bonchev–Trinajstić information content (AvgIpc) is 2.39. The minimum atomic E-state index is -0.283. The van der Waals surface area contributed by atoms with Gasteiger partial charge >= 0.3 is 0 Å². The van der Waals surface area contributed by atoms with Gasteiger partial charge in [0.25, 0.3) is 0 Å². The maximum Gasteiger partial charge on any atom is 0.165 e. The predicted molar refractivity (Wildman–Crippen MR) is 70.2 cm³/mol. The van der Waals surface area contributed by atoms with Gasteiger partial charge in [-0.05, 0) is 62.5 Å². The van der Waals surface area contributed by atoms with E-state index in [-0.39, 0.29) is 5.82 Å². The summed E-state index contributed by atoms with van der Waals surface area (Å²) in [5, 5.41) is 3.30. The van der Waals surface area contributed by atoms with Crippen LogP contribution in [0.2, 0.25) is 0 Å². The minimum absolute atomic E-state index is 0.283. The standard InChI is InChI=1S/C14H21FN2O/c15-13-9-11(3-6-16)1-2-14(13)18-10-12-4-7-17-8-5-12/h1-2,9,12,17H,3-8,10,16H2. The van der Waals surface area contributed by atoms with Crippen molar-refractivity contribution in [1.82, 2.24) is 5.32 Å². The molecule has 0 spiro atoms. The molecule has 0 saturated carbocycles. The van der Waals surface area contributed by atoms with Gasteiger partial charge in [0, 0.05) is 0 Å². The zero-order chi connectivity index (χ0) is 12.8. The lowest BCUT2D eigenvalue weighted by Crippen LogP contribution is -2.30. The van der Waals surface area contributed by atoms with Gasteiger partial charge in [-0.15, -0.1) is 0 Å². The molecule has 1 saturated heterocycles. The first kappa shape index (κ1) is 13.3. The maximum absolute atomic E-state index is 13.7. The summed E-state index contributed by atoms with van der Waals surface area (Å²) in [6.45, 7) is 3.21. The monoisotopic (exact) mass is 252 g/mol. The van der Waals surface area contributed by atoms with Crippen LogP contribution in [0.25, 0.3) is 0 Å². The van der Waals surface area contributed by atoms with Crippen molar-refractivity contribution in [2.75, 3.05) is 26.2 Å². The molecule has 1 heterocycles. The molecule has 1 aromatic rings. The first-order valence-electron chi connectivity index (χ1n) is 6.61. The fourth-order valence-corrected chi connectivity index (χ4v) is 2.24. The van der Waals surface area contributed by atoms with Gasteiger partial charge in [-0.1, -0.05) is 6.07 Å². The summed E-state index contributed by atoms with van der Waals surface area (Å²) in [6, 6.07) is 5.11. The number of ether oxygens (including phenoxy) is 1. The highest BCUT2D eigenvalue weighted by atomic mass is 19.1. The summed E-state index contributed by atoms with van der Waals surface area (Å²) in [5.41, 5.74) is 6.37. The number of benzene rings is 1. The quantitative estimate of drug-likeness (QED) is 0.838. The van der Waals surface area contributed by atoms with Crippen LogP contribution in [0.3, 0.4) is 0 Å². The van der Waals surface area contributed by atoms with Crippen LogP contribution in [-0.4, -0.2) is 26.2 Å². The van der Waals surface area contributed by atoms with Crippen LogP contribution in [0.15, 0.2) is 18.2 Å². The van der Waals surface area contributed by atoms with E-state index >= 15 is 0 Å². The topological polar surface area (TPSA) is 47.3 Å². The van der Waals surface area contributed by atoms with E-state index in [4.69, 9.17) is 10.5 Å². The molecule has 0 atom stereocenters. The van der Waals surface area contributed by atoms with Gasteiger partial charge in [-0.25, -0.2) is 4.39 Å². The second-order valence-electron chi connectivity index (χ2n) is 4.81. The van der Waals surface area contributed by atoms with E-state index in [1.807, 2.05) is 6.07 Å². The van der Waals surface area contributed by atoms with Gasteiger partial charge in [0.05, 0.1) is 6.61 Å². The fraction of sp³-hybridized carbons (Fsp3) is 0.571. The van der Waals surface area contributed by atoms with Crippen molar-refractivity contribution in [3.8, 4) is 5.75 Å². The maximum atomic E-state index is 13.7. The van der Waals surface area contributed by atoms with Crippen LogP contribution in [0.5, 0.6) is 5.75 Å². The second kappa shape index (κ2) is 6.71. The molecule has 0 unspecified atom stereocenters. The molecule has 0 aliphatic carbocycles. The molecule has 0 aromatic heterocycles. The first-order valence-corrected chi connectivity index (χ1v) is 6.61. The zero-order valence-corrected chi connectivity index (χ0v) is 10.6. The van der Waals surface area contributed by atoms with Crippen LogP contribution in [0.1, 0.15) is 18.4 Å². The second-order valence-corrected chi connectivity index (χ2v) is 4.81.